The number of hydrogen-bond donors (Lipinski definition) is 1. The molecule has 2 heterocycles. The molecule has 6 nitrogen and oxygen atoms in total. The second-order valence-corrected chi connectivity index (χ2v) is 6.80. The van der Waals surface area contributed by atoms with Gasteiger partial charge in [-0.1, -0.05) is 36.4 Å². The van der Waals surface area contributed by atoms with Crippen LogP contribution in [0.25, 0.3) is 21.8 Å². The Morgan fingerprint density at radius 2 is 1.65 bits per heavy atom. The molecular weight excluding hydrogens is 326 g/mol. The third-order valence-corrected chi connectivity index (χ3v) is 4.81. The van der Waals surface area contributed by atoms with E-state index < -0.39 is 6.10 Å². The van der Waals surface area contributed by atoms with Crippen molar-refractivity contribution in [3.05, 3.63) is 60.7 Å². The molecule has 0 aliphatic carbocycles. The first-order valence-electron chi connectivity index (χ1n) is 8.79. The topological polar surface area (TPSA) is 59.1 Å². The maximum atomic E-state index is 10.7. The van der Waals surface area contributed by atoms with E-state index in [9.17, 15) is 5.11 Å². The SMILES string of the molecule is CN(Cc1ncnn1C)CC(O)Cn1c2ccccc2c2ccccc21. The minimum Gasteiger partial charge on any atom is -0.390 e. The lowest BCUT2D eigenvalue weighted by Crippen LogP contribution is -2.32. The maximum absolute atomic E-state index is 10.7. The van der Waals surface area contributed by atoms with Crippen molar-refractivity contribution in [2.24, 2.45) is 7.05 Å². The van der Waals surface area contributed by atoms with Crippen LogP contribution in [0.5, 0.6) is 0 Å². The Labute approximate surface area is 152 Å². The van der Waals surface area contributed by atoms with Crippen LogP contribution in [0.2, 0.25) is 0 Å². The zero-order chi connectivity index (χ0) is 18.1. The van der Waals surface area contributed by atoms with E-state index in [0.29, 0.717) is 19.6 Å². The number of rotatable bonds is 6. The molecule has 6 heteroatoms. The van der Waals surface area contributed by atoms with Crippen molar-refractivity contribution < 1.29 is 5.11 Å². The number of nitrogens with zero attached hydrogens (tertiary/aromatic N) is 5. The van der Waals surface area contributed by atoms with Crippen LogP contribution in [0.3, 0.4) is 0 Å². The predicted octanol–water partition coefficient (Wildman–Crippen LogP) is 2.42. The Kier molecular flexibility index (Phi) is 4.44. The highest BCUT2D eigenvalue weighted by atomic mass is 16.3. The summed E-state index contributed by atoms with van der Waals surface area (Å²) in [5, 5.41) is 17.2. The molecule has 26 heavy (non-hydrogen) atoms. The highest BCUT2D eigenvalue weighted by Gasteiger charge is 2.15. The largest absolute Gasteiger partial charge is 0.390 e. The third kappa shape index (κ3) is 3.09. The van der Waals surface area contributed by atoms with E-state index in [2.05, 4.69) is 55.9 Å². The van der Waals surface area contributed by atoms with Crippen LogP contribution in [0.1, 0.15) is 5.82 Å². The van der Waals surface area contributed by atoms with Gasteiger partial charge in [-0.05, 0) is 19.2 Å². The van der Waals surface area contributed by atoms with E-state index in [1.54, 1.807) is 11.0 Å². The smallest absolute Gasteiger partial charge is 0.140 e. The highest BCUT2D eigenvalue weighted by molar-refractivity contribution is 6.07. The van der Waals surface area contributed by atoms with Gasteiger partial charge in [0.15, 0.2) is 0 Å². The predicted molar refractivity (Wildman–Crippen MR) is 103 cm³/mol. The van der Waals surface area contributed by atoms with Gasteiger partial charge >= 0.3 is 0 Å². The van der Waals surface area contributed by atoms with Crippen molar-refractivity contribution >= 4 is 21.8 Å². The molecule has 0 fully saturated rings. The number of hydrogen-bond acceptors (Lipinski definition) is 4. The van der Waals surface area contributed by atoms with Crippen LogP contribution in [0.15, 0.2) is 54.9 Å². The van der Waals surface area contributed by atoms with Gasteiger partial charge in [0.2, 0.25) is 0 Å². The van der Waals surface area contributed by atoms with Crippen molar-refractivity contribution in [2.75, 3.05) is 13.6 Å². The van der Waals surface area contributed by atoms with Crippen LogP contribution in [0, 0.1) is 0 Å². The Morgan fingerprint density at radius 3 is 2.23 bits per heavy atom. The highest BCUT2D eigenvalue weighted by Crippen LogP contribution is 2.28. The average molecular weight is 349 g/mol. The van der Waals surface area contributed by atoms with E-state index in [1.807, 2.05) is 26.2 Å². The number of fused-ring (bicyclic) bond motifs is 3. The average Bonchev–Trinajstić information content (AvgIpc) is 3.17. The fourth-order valence-electron chi connectivity index (χ4n) is 3.60. The second kappa shape index (κ2) is 6.90. The van der Waals surface area contributed by atoms with Gasteiger partial charge in [0, 0.05) is 35.4 Å². The van der Waals surface area contributed by atoms with E-state index in [1.165, 1.54) is 10.8 Å². The van der Waals surface area contributed by atoms with E-state index in [0.717, 1.165) is 16.9 Å². The molecular formula is C20H23N5O. The third-order valence-electron chi connectivity index (χ3n) is 4.81. The van der Waals surface area contributed by atoms with Crippen LogP contribution in [0.4, 0.5) is 0 Å². The summed E-state index contributed by atoms with van der Waals surface area (Å²) in [6, 6.07) is 16.7. The Morgan fingerprint density at radius 1 is 1.04 bits per heavy atom. The normalized spacial score (nSPS) is 13.1. The lowest BCUT2D eigenvalue weighted by atomic mass is 10.2. The molecule has 4 rings (SSSR count). The summed E-state index contributed by atoms with van der Waals surface area (Å²) >= 11 is 0. The fraction of sp³-hybridized carbons (Fsp3) is 0.300. The molecule has 0 aliphatic rings. The zero-order valence-electron chi connectivity index (χ0n) is 15.1. The van der Waals surface area contributed by atoms with E-state index in [-0.39, 0.29) is 0 Å². The molecule has 1 N–H and O–H groups in total. The van der Waals surface area contributed by atoms with Gasteiger partial charge in [0.25, 0.3) is 0 Å². The number of aliphatic hydroxyl groups excluding tert-OH is 1. The van der Waals surface area contributed by atoms with Gasteiger partial charge in [-0.3, -0.25) is 9.58 Å². The van der Waals surface area contributed by atoms with Gasteiger partial charge in [-0.2, -0.15) is 5.10 Å². The molecule has 0 aliphatic heterocycles. The number of para-hydroxylation sites is 2. The Balaban J connectivity index is 1.55. The van der Waals surface area contributed by atoms with Gasteiger partial charge < -0.3 is 9.67 Å². The monoisotopic (exact) mass is 349 g/mol. The first-order chi connectivity index (χ1) is 12.6. The summed E-state index contributed by atoms with van der Waals surface area (Å²) in [6.45, 7) is 1.77. The quantitative estimate of drug-likeness (QED) is 0.581. The number of aryl methyl sites for hydroxylation is 1. The van der Waals surface area contributed by atoms with Crippen molar-refractivity contribution in [3.63, 3.8) is 0 Å². The van der Waals surface area contributed by atoms with Crippen LogP contribution < -0.4 is 0 Å². The van der Waals surface area contributed by atoms with E-state index in [4.69, 9.17) is 0 Å². The molecule has 0 amide bonds. The van der Waals surface area contributed by atoms with Crippen LogP contribution >= 0.6 is 0 Å². The van der Waals surface area contributed by atoms with E-state index >= 15 is 0 Å². The zero-order valence-corrected chi connectivity index (χ0v) is 15.1. The molecule has 0 saturated heterocycles. The van der Waals surface area contributed by atoms with Crippen molar-refractivity contribution in [1.29, 1.82) is 0 Å². The molecule has 0 radical (unpaired) electrons. The summed E-state index contributed by atoms with van der Waals surface area (Å²) < 4.78 is 3.97. The van der Waals surface area contributed by atoms with Gasteiger partial charge in [0.1, 0.15) is 12.2 Å². The van der Waals surface area contributed by atoms with Crippen LogP contribution in [-0.4, -0.2) is 49.0 Å². The number of benzene rings is 2. The summed E-state index contributed by atoms with van der Waals surface area (Å²) in [7, 11) is 3.87. The Hall–Kier alpha value is -2.70. The number of aliphatic hydroxyl groups is 1. The molecule has 134 valence electrons. The minimum atomic E-state index is -0.479. The molecule has 0 bridgehead atoms. The molecule has 1 atom stereocenters. The lowest BCUT2D eigenvalue weighted by Gasteiger charge is -2.21. The van der Waals surface area contributed by atoms with Gasteiger partial charge in [-0.25, -0.2) is 4.98 Å². The minimum absolute atomic E-state index is 0.479. The number of aromatic nitrogens is 4. The second-order valence-electron chi connectivity index (χ2n) is 6.80. The molecule has 2 aromatic heterocycles. The summed E-state index contributed by atoms with van der Waals surface area (Å²) in [5.41, 5.74) is 2.31. The van der Waals surface area contributed by atoms with Crippen LogP contribution in [-0.2, 0) is 20.1 Å². The summed E-state index contributed by atoms with van der Waals surface area (Å²) in [6.07, 6.45) is 1.07. The molecule has 2 aromatic carbocycles. The molecule has 1 unspecified atom stereocenters. The summed E-state index contributed by atoms with van der Waals surface area (Å²) in [4.78, 5) is 6.32. The fourth-order valence-corrected chi connectivity index (χ4v) is 3.60. The van der Waals surface area contributed by atoms with Crippen molar-refractivity contribution in [2.45, 2.75) is 19.2 Å². The van der Waals surface area contributed by atoms with Gasteiger partial charge in [-0.15, -0.1) is 0 Å². The first-order valence-corrected chi connectivity index (χ1v) is 8.79. The standard InChI is InChI=1S/C20H23N5O/c1-23(13-20-21-14-22-24(20)2)11-15(26)12-25-18-9-5-3-7-16(18)17-8-4-6-10-19(17)25/h3-10,14-15,26H,11-13H2,1-2H3. The molecule has 0 spiro atoms. The van der Waals surface area contributed by atoms with Gasteiger partial charge in [0.05, 0.1) is 19.2 Å². The summed E-state index contributed by atoms with van der Waals surface area (Å²) in [5.74, 6) is 0.886. The van der Waals surface area contributed by atoms with Crippen molar-refractivity contribution in [3.8, 4) is 0 Å². The number of likely N-dealkylation sites (N-methyl/N-ethyl adjacent to an activating group) is 1. The molecule has 4 aromatic rings. The van der Waals surface area contributed by atoms with Crippen molar-refractivity contribution in [1.82, 2.24) is 24.2 Å². The first kappa shape index (κ1) is 16.8. The maximum Gasteiger partial charge on any atom is 0.140 e. The molecule has 0 saturated carbocycles. The lowest BCUT2D eigenvalue weighted by molar-refractivity contribution is 0.107. The Bertz CT molecular complexity index is 982.